The van der Waals surface area contributed by atoms with Crippen LogP contribution in [0, 0.1) is 0 Å². The Morgan fingerprint density at radius 2 is 1.71 bits per heavy atom. The molecule has 2 fully saturated rings. The van der Waals surface area contributed by atoms with Gasteiger partial charge in [0.2, 0.25) is 0 Å². The molecular weight excluding hydrogens is 362 g/mol. The zero-order valence-corrected chi connectivity index (χ0v) is 15.3. The molecule has 1 N–H and O–H groups in total. The van der Waals surface area contributed by atoms with Crippen molar-refractivity contribution >= 4 is 11.7 Å². The van der Waals surface area contributed by atoms with Crippen LogP contribution in [0.5, 0.6) is 0 Å². The smallest absolute Gasteiger partial charge is 0.252 e. The van der Waals surface area contributed by atoms with Gasteiger partial charge < -0.3 is 24.3 Å². The summed E-state index contributed by atoms with van der Waals surface area (Å²) in [6.07, 6.45) is -3.03. The van der Waals surface area contributed by atoms with E-state index >= 15 is 0 Å². The van der Waals surface area contributed by atoms with E-state index in [4.69, 9.17) is 18.9 Å². The molecule has 0 aromatic heterocycles. The van der Waals surface area contributed by atoms with Crippen LogP contribution in [-0.2, 0) is 23.7 Å². The Morgan fingerprint density at radius 1 is 1.04 bits per heavy atom. The Hall–Kier alpha value is -2.58. The number of rotatable bonds is 4. The zero-order chi connectivity index (χ0) is 19.5. The molecule has 1 unspecified atom stereocenters. The standard InChI is InChI=1S/C21H21NO6/c1-25-21-16(22-19(24)13-8-4-2-5-9-13)17(23)18-15(27-21)12-26-20(28-18)14-10-6-3-7-11-14/h2-11,15-16,18,20-21H,12H2,1H3,(H,22,24)/t15-,16-,18-,20?,21+/m1/s1. The Labute approximate surface area is 162 Å². The number of carbonyl (C=O) groups excluding carboxylic acids is 2. The van der Waals surface area contributed by atoms with Gasteiger partial charge in [-0.1, -0.05) is 48.5 Å². The number of ketones is 1. The Bertz CT molecular complexity index is 827. The molecule has 2 aromatic carbocycles. The monoisotopic (exact) mass is 383 g/mol. The number of benzene rings is 2. The quantitative estimate of drug-likeness (QED) is 0.868. The molecule has 7 nitrogen and oxygen atoms in total. The van der Waals surface area contributed by atoms with Crippen molar-refractivity contribution in [3.05, 3.63) is 71.8 Å². The maximum atomic E-state index is 13.1. The molecule has 1 amide bonds. The number of Topliss-reactive ketones (excluding diaryl/α,β-unsaturated/α-hetero) is 1. The normalized spacial score (nSPS) is 29.8. The summed E-state index contributed by atoms with van der Waals surface area (Å²) in [4.78, 5) is 25.6. The van der Waals surface area contributed by atoms with Gasteiger partial charge in [-0.25, -0.2) is 0 Å². The minimum absolute atomic E-state index is 0.190. The van der Waals surface area contributed by atoms with Gasteiger partial charge in [0.15, 0.2) is 18.4 Å². The molecule has 2 aromatic rings. The summed E-state index contributed by atoms with van der Waals surface area (Å²) >= 11 is 0. The average Bonchev–Trinajstić information content (AvgIpc) is 2.76. The maximum Gasteiger partial charge on any atom is 0.252 e. The summed E-state index contributed by atoms with van der Waals surface area (Å²) in [7, 11) is 1.43. The van der Waals surface area contributed by atoms with Crippen LogP contribution in [0.2, 0.25) is 0 Å². The number of nitrogens with one attached hydrogen (secondary N) is 1. The molecule has 0 aliphatic carbocycles. The Kier molecular flexibility index (Phi) is 5.50. The lowest BCUT2D eigenvalue weighted by Crippen LogP contribution is -2.64. The van der Waals surface area contributed by atoms with Crippen molar-refractivity contribution in [2.24, 2.45) is 0 Å². The second kappa shape index (κ2) is 8.20. The predicted octanol–water partition coefficient (Wildman–Crippen LogP) is 1.84. The molecule has 0 spiro atoms. The van der Waals surface area contributed by atoms with Crippen LogP contribution in [0.1, 0.15) is 22.2 Å². The molecule has 0 bridgehead atoms. The van der Waals surface area contributed by atoms with E-state index in [0.717, 1.165) is 5.56 Å². The second-order valence-electron chi connectivity index (χ2n) is 6.63. The first-order valence-electron chi connectivity index (χ1n) is 9.07. The fourth-order valence-corrected chi connectivity index (χ4v) is 3.38. The fraction of sp³-hybridized carbons (Fsp3) is 0.333. The summed E-state index contributed by atoms with van der Waals surface area (Å²) in [5, 5.41) is 2.71. The second-order valence-corrected chi connectivity index (χ2v) is 6.63. The van der Waals surface area contributed by atoms with Gasteiger partial charge in [-0.2, -0.15) is 0 Å². The summed E-state index contributed by atoms with van der Waals surface area (Å²) < 4.78 is 22.8. The molecule has 4 rings (SSSR count). The van der Waals surface area contributed by atoms with Crippen molar-refractivity contribution < 1.29 is 28.5 Å². The van der Waals surface area contributed by atoms with Crippen LogP contribution in [0.25, 0.3) is 0 Å². The molecule has 146 valence electrons. The zero-order valence-electron chi connectivity index (χ0n) is 15.3. The SMILES string of the molecule is CO[C@H]1O[C@@H]2COC(c3ccccc3)O[C@H]2C(=O)[C@H]1NC(=O)c1ccccc1. The van der Waals surface area contributed by atoms with Gasteiger partial charge in [0.05, 0.1) is 6.61 Å². The van der Waals surface area contributed by atoms with E-state index in [1.54, 1.807) is 24.3 Å². The number of hydrogen-bond donors (Lipinski definition) is 1. The van der Waals surface area contributed by atoms with E-state index in [2.05, 4.69) is 5.32 Å². The van der Waals surface area contributed by atoms with Crippen LogP contribution in [-0.4, -0.2) is 49.9 Å². The highest BCUT2D eigenvalue weighted by Gasteiger charge is 2.50. The van der Waals surface area contributed by atoms with Gasteiger partial charge in [-0.05, 0) is 12.1 Å². The van der Waals surface area contributed by atoms with Crippen molar-refractivity contribution in [3.8, 4) is 0 Å². The third-order valence-corrected chi connectivity index (χ3v) is 4.81. The highest BCUT2D eigenvalue weighted by Crippen LogP contribution is 2.32. The Morgan fingerprint density at radius 3 is 2.39 bits per heavy atom. The van der Waals surface area contributed by atoms with E-state index in [1.807, 2.05) is 36.4 Å². The van der Waals surface area contributed by atoms with Crippen LogP contribution >= 0.6 is 0 Å². The van der Waals surface area contributed by atoms with Crippen LogP contribution in [0.4, 0.5) is 0 Å². The highest BCUT2D eigenvalue weighted by molar-refractivity contribution is 5.99. The summed E-state index contributed by atoms with van der Waals surface area (Å²) in [6, 6.07) is 17.1. The number of amides is 1. The lowest BCUT2D eigenvalue weighted by Gasteiger charge is -2.43. The summed E-state index contributed by atoms with van der Waals surface area (Å²) in [6.45, 7) is 0.190. The van der Waals surface area contributed by atoms with E-state index in [-0.39, 0.29) is 18.3 Å². The van der Waals surface area contributed by atoms with Crippen LogP contribution in [0.3, 0.4) is 0 Å². The van der Waals surface area contributed by atoms with E-state index < -0.39 is 30.8 Å². The first kappa shape index (κ1) is 18.8. The van der Waals surface area contributed by atoms with E-state index in [0.29, 0.717) is 5.56 Å². The largest absolute Gasteiger partial charge is 0.353 e. The summed E-state index contributed by atoms with van der Waals surface area (Å²) in [5.74, 6) is -0.675. The molecule has 2 heterocycles. The van der Waals surface area contributed by atoms with E-state index in [9.17, 15) is 9.59 Å². The van der Waals surface area contributed by atoms with Crippen molar-refractivity contribution in [2.75, 3.05) is 13.7 Å². The predicted molar refractivity (Wildman–Crippen MR) is 98.4 cm³/mol. The molecule has 0 saturated carbocycles. The van der Waals surface area contributed by atoms with Crippen molar-refractivity contribution in [3.63, 3.8) is 0 Å². The minimum Gasteiger partial charge on any atom is -0.353 e. The molecule has 2 aliphatic rings. The fourth-order valence-electron chi connectivity index (χ4n) is 3.38. The molecule has 28 heavy (non-hydrogen) atoms. The molecule has 7 heteroatoms. The van der Waals surface area contributed by atoms with Crippen LogP contribution in [0.15, 0.2) is 60.7 Å². The van der Waals surface area contributed by atoms with Crippen molar-refractivity contribution in [1.29, 1.82) is 0 Å². The maximum absolute atomic E-state index is 13.1. The lowest BCUT2D eigenvalue weighted by atomic mass is 9.97. The van der Waals surface area contributed by atoms with Gasteiger partial charge in [-0.15, -0.1) is 0 Å². The topological polar surface area (TPSA) is 83.1 Å². The van der Waals surface area contributed by atoms with Crippen molar-refractivity contribution in [2.45, 2.75) is 30.8 Å². The molecule has 2 saturated heterocycles. The summed E-state index contributed by atoms with van der Waals surface area (Å²) in [5.41, 5.74) is 1.26. The lowest BCUT2D eigenvalue weighted by molar-refractivity contribution is -0.302. The third kappa shape index (κ3) is 3.70. The molecule has 0 radical (unpaired) electrons. The number of hydrogen-bond acceptors (Lipinski definition) is 6. The Balaban J connectivity index is 1.51. The first-order chi connectivity index (χ1) is 13.7. The van der Waals surface area contributed by atoms with Gasteiger partial charge in [0.1, 0.15) is 18.2 Å². The number of carbonyl (C=O) groups is 2. The van der Waals surface area contributed by atoms with Gasteiger partial charge in [0.25, 0.3) is 5.91 Å². The minimum atomic E-state index is -0.978. The highest BCUT2D eigenvalue weighted by atomic mass is 16.7. The van der Waals surface area contributed by atoms with Crippen molar-refractivity contribution in [1.82, 2.24) is 5.32 Å². The molecule has 2 aliphatic heterocycles. The van der Waals surface area contributed by atoms with Gasteiger partial charge in [-0.3, -0.25) is 9.59 Å². The van der Waals surface area contributed by atoms with Gasteiger partial charge >= 0.3 is 0 Å². The van der Waals surface area contributed by atoms with Gasteiger partial charge in [0, 0.05) is 18.2 Å². The first-order valence-corrected chi connectivity index (χ1v) is 9.07. The molecular formula is C21H21NO6. The van der Waals surface area contributed by atoms with E-state index in [1.165, 1.54) is 7.11 Å². The number of fused-ring (bicyclic) bond motifs is 1. The third-order valence-electron chi connectivity index (χ3n) is 4.81. The number of methoxy groups -OCH3 is 1. The number of ether oxygens (including phenoxy) is 4. The van der Waals surface area contributed by atoms with Crippen LogP contribution < -0.4 is 5.32 Å². The average molecular weight is 383 g/mol. The molecule has 5 atom stereocenters.